The third-order valence-corrected chi connectivity index (χ3v) is 4.46. The Balaban J connectivity index is 2.27. The van der Waals surface area contributed by atoms with E-state index in [0.29, 0.717) is 0 Å². The van der Waals surface area contributed by atoms with Crippen LogP contribution in [-0.4, -0.2) is 43.0 Å². The molecule has 0 bridgehead atoms. The first-order chi connectivity index (χ1) is 8.69. The standard InChI is InChI=1S/C10H12F3N3O2S/c1-7-6-14-9(15-8(7)10(11,12)13)16-2-4-19(17,18)5-3-16/h6H,2-5H2,1H3. The van der Waals surface area contributed by atoms with Crippen molar-refractivity contribution in [3.8, 4) is 0 Å². The van der Waals surface area contributed by atoms with E-state index in [2.05, 4.69) is 9.97 Å². The molecule has 106 valence electrons. The minimum atomic E-state index is -4.54. The summed E-state index contributed by atoms with van der Waals surface area (Å²) in [4.78, 5) is 8.81. The number of hydrogen-bond donors (Lipinski definition) is 0. The predicted octanol–water partition coefficient (Wildman–Crippen LogP) is 1.04. The van der Waals surface area contributed by atoms with E-state index in [1.165, 1.54) is 11.8 Å². The van der Waals surface area contributed by atoms with Crippen LogP contribution in [0.25, 0.3) is 0 Å². The molecule has 1 fully saturated rings. The Morgan fingerprint density at radius 1 is 1.26 bits per heavy atom. The molecule has 1 aliphatic rings. The third kappa shape index (κ3) is 3.14. The van der Waals surface area contributed by atoms with Crippen molar-refractivity contribution in [2.45, 2.75) is 13.1 Å². The molecule has 1 aromatic heterocycles. The van der Waals surface area contributed by atoms with Crippen molar-refractivity contribution in [2.24, 2.45) is 0 Å². The highest BCUT2D eigenvalue weighted by Crippen LogP contribution is 2.30. The van der Waals surface area contributed by atoms with E-state index in [1.54, 1.807) is 0 Å². The molecule has 0 aromatic carbocycles. The number of hydrogen-bond acceptors (Lipinski definition) is 5. The van der Waals surface area contributed by atoms with Crippen molar-refractivity contribution in [3.05, 3.63) is 17.5 Å². The van der Waals surface area contributed by atoms with Gasteiger partial charge in [-0.3, -0.25) is 0 Å². The summed E-state index contributed by atoms with van der Waals surface area (Å²) in [6.07, 6.45) is -3.43. The largest absolute Gasteiger partial charge is 0.433 e. The Morgan fingerprint density at radius 3 is 2.37 bits per heavy atom. The van der Waals surface area contributed by atoms with Crippen molar-refractivity contribution in [2.75, 3.05) is 29.5 Å². The van der Waals surface area contributed by atoms with Crippen LogP contribution >= 0.6 is 0 Å². The quantitative estimate of drug-likeness (QED) is 0.774. The van der Waals surface area contributed by atoms with Crippen LogP contribution in [0, 0.1) is 6.92 Å². The minimum Gasteiger partial charge on any atom is -0.339 e. The van der Waals surface area contributed by atoms with Gasteiger partial charge in [0.15, 0.2) is 15.5 Å². The van der Waals surface area contributed by atoms with E-state index in [9.17, 15) is 21.6 Å². The number of nitrogens with zero attached hydrogens (tertiary/aromatic N) is 3. The SMILES string of the molecule is Cc1cnc(N2CCS(=O)(=O)CC2)nc1C(F)(F)F. The van der Waals surface area contributed by atoms with Crippen LogP contribution in [0.1, 0.15) is 11.3 Å². The number of aromatic nitrogens is 2. The maximum absolute atomic E-state index is 12.7. The van der Waals surface area contributed by atoms with Crippen LogP contribution in [0.5, 0.6) is 0 Å². The molecule has 2 rings (SSSR count). The van der Waals surface area contributed by atoms with E-state index in [1.807, 2.05) is 0 Å². The van der Waals surface area contributed by atoms with E-state index in [0.717, 1.165) is 6.20 Å². The maximum atomic E-state index is 12.7. The summed E-state index contributed by atoms with van der Waals surface area (Å²) in [7, 11) is -3.09. The summed E-state index contributed by atoms with van der Waals surface area (Å²) >= 11 is 0. The smallest absolute Gasteiger partial charge is 0.339 e. The van der Waals surface area contributed by atoms with E-state index in [4.69, 9.17) is 0 Å². The Morgan fingerprint density at radius 2 is 1.84 bits per heavy atom. The van der Waals surface area contributed by atoms with Crippen molar-refractivity contribution in [1.29, 1.82) is 0 Å². The summed E-state index contributed by atoms with van der Waals surface area (Å²) in [6, 6.07) is 0. The van der Waals surface area contributed by atoms with Gasteiger partial charge in [-0.15, -0.1) is 0 Å². The van der Waals surface area contributed by atoms with Gasteiger partial charge in [0.25, 0.3) is 0 Å². The number of rotatable bonds is 1. The molecule has 0 amide bonds. The lowest BCUT2D eigenvalue weighted by atomic mass is 10.2. The fraction of sp³-hybridized carbons (Fsp3) is 0.600. The minimum absolute atomic E-state index is 0.0547. The molecule has 1 aromatic rings. The lowest BCUT2D eigenvalue weighted by molar-refractivity contribution is -0.141. The van der Waals surface area contributed by atoms with Gasteiger partial charge in [0.05, 0.1) is 11.5 Å². The second-order valence-electron chi connectivity index (χ2n) is 4.34. The van der Waals surface area contributed by atoms with Gasteiger partial charge in [-0.2, -0.15) is 13.2 Å². The molecule has 0 radical (unpaired) electrons. The van der Waals surface area contributed by atoms with Gasteiger partial charge in [-0.05, 0) is 12.5 Å². The predicted molar refractivity (Wildman–Crippen MR) is 62.6 cm³/mol. The normalized spacial score (nSPS) is 19.5. The van der Waals surface area contributed by atoms with Crippen LogP contribution in [0.15, 0.2) is 6.20 Å². The highest BCUT2D eigenvalue weighted by molar-refractivity contribution is 7.91. The lowest BCUT2D eigenvalue weighted by Crippen LogP contribution is -2.41. The van der Waals surface area contributed by atoms with Gasteiger partial charge in [0.1, 0.15) is 0 Å². The molecule has 0 aliphatic carbocycles. The summed E-state index contributed by atoms with van der Waals surface area (Å²) in [5.74, 6) is -0.259. The van der Waals surface area contributed by atoms with Crippen LogP contribution < -0.4 is 4.90 Å². The number of anilines is 1. The maximum Gasteiger partial charge on any atom is 0.433 e. The van der Waals surface area contributed by atoms with Gasteiger partial charge in [-0.25, -0.2) is 18.4 Å². The van der Waals surface area contributed by atoms with Crippen molar-refractivity contribution < 1.29 is 21.6 Å². The Kier molecular flexibility index (Phi) is 3.41. The molecule has 19 heavy (non-hydrogen) atoms. The molecule has 0 atom stereocenters. The van der Waals surface area contributed by atoms with Crippen LogP contribution in [0.3, 0.4) is 0 Å². The molecule has 0 spiro atoms. The summed E-state index contributed by atoms with van der Waals surface area (Å²) in [5, 5.41) is 0. The number of alkyl halides is 3. The second-order valence-corrected chi connectivity index (χ2v) is 6.64. The van der Waals surface area contributed by atoms with Gasteiger partial charge < -0.3 is 4.90 Å². The highest BCUT2D eigenvalue weighted by atomic mass is 32.2. The Labute approximate surface area is 108 Å². The highest BCUT2D eigenvalue weighted by Gasteiger charge is 2.35. The van der Waals surface area contributed by atoms with E-state index < -0.39 is 21.7 Å². The van der Waals surface area contributed by atoms with Gasteiger partial charge in [0.2, 0.25) is 5.95 Å². The van der Waals surface area contributed by atoms with Gasteiger partial charge >= 0.3 is 6.18 Å². The summed E-state index contributed by atoms with van der Waals surface area (Å²) < 4.78 is 60.7. The van der Waals surface area contributed by atoms with E-state index >= 15 is 0 Å². The fourth-order valence-corrected chi connectivity index (χ4v) is 2.99. The van der Waals surface area contributed by atoms with Crippen molar-refractivity contribution in [3.63, 3.8) is 0 Å². The molecule has 2 heterocycles. The first kappa shape index (κ1) is 14.0. The first-order valence-corrected chi connectivity index (χ1v) is 7.37. The molecule has 5 nitrogen and oxygen atoms in total. The molecule has 0 saturated carbocycles. The summed E-state index contributed by atoms with van der Waals surface area (Å²) in [5.41, 5.74) is -1.04. The van der Waals surface area contributed by atoms with Crippen molar-refractivity contribution >= 4 is 15.8 Å². The molecule has 1 aliphatic heterocycles. The second kappa shape index (κ2) is 4.62. The zero-order chi connectivity index (χ0) is 14.3. The Bertz CT molecular complexity index is 572. The third-order valence-electron chi connectivity index (χ3n) is 2.85. The zero-order valence-electron chi connectivity index (χ0n) is 10.1. The van der Waals surface area contributed by atoms with Crippen LogP contribution in [-0.2, 0) is 16.0 Å². The monoisotopic (exact) mass is 295 g/mol. The van der Waals surface area contributed by atoms with Gasteiger partial charge in [0, 0.05) is 19.3 Å². The average Bonchev–Trinajstić information content (AvgIpc) is 2.28. The van der Waals surface area contributed by atoms with Gasteiger partial charge in [-0.1, -0.05) is 0 Å². The lowest BCUT2D eigenvalue weighted by Gasteiger charge is -2.27. The summed E-state index contributed by atoms with van der Waals surface area (Å²) in [6.45, 7) is 1.51. The van der Waals surface area contributed by atoms with Crippen LogP contribution in [0.2, 0.25) is 0 Å². The zero-order valence-corrected chi connectivity index (χ0v) is 10.9. The molecule has 0 N–H and O–H groups in total. The number of aryl methyl sites for hydroxylation is 1. The van der Waals surface area contributed by atoms with Crippen molar-refractivity contribution in [1.82, 2.24) is 9.97 Å². The number of sulfone groups is 1. The molecular weight excluding hydrogens is 283 g/mol. The topological polar surface area (TPSA) is 63.2 Å². The molecular formula is C10H12F3N3O2S. The average molecular weight is 295 g/mol. The van der Waals surface area contributed by atoms with E-state index in [-0.39, 0.29) is 36.1 Å². The fourth-order valence-electron chi connectivity index (χ4n) is 1.78. The molecule has 1 saturated heterocycles. The Hall–Kier alpha value is -1.38. The number of halogens is 3. The molecule has 0 unspecified atom stereocenters. The molecule has 9 heteroatoms. The van der Waals surface area contributed by atoms with Crippen LogP contribution in [0.4, 0.5) is 19.1 Å². The first-order valence-electron chi connectivity index (χ1n) is 5.55.